The van der Waals surface area contributed by atoms with E-state index in [-0.39, 0.29) is 36.8 Å². The summed E-state index contributed by atoms with van der Waals surface area (Å²) in [5, 5.41) is 7.39. The molecule has 8 heteroatoms. The Morgan fingerprint density at radius 1 is 1.55 bits per heavy atom. The van der Waals surface area contributed by atoms with Crippen molar-refractivity contribution < 1.29 is 9.53 Å². The highest BCUT2D eigenvalue weighted by Crippen LogP contribution is 2.02. The Balaban J connectivity index is 0.00000180. The first kappa shape index (κ1) is 19.2. The molecule has 0 radical (unpaired) electrons. The molecular weight excluding hydrogens is 303 g/mol. The monoisotopic (exact) mass is 324 g/mol. The zero-order valence-corrected chi connectivity index (χ0v) is 13.2. The SMILES string of the molecule is CN(CCn1cccn1)C(=O)CC1COCCN1.Cl.Cl. The molecule has 1 amide bonds. The second-order valence-electron chi connectivity index (χ2n) is 4.51. The predicted octanol–water partition coefficient (Wildman–Crippen LogP) is 0.564. The van der Waals surface area contributed by atoms with Gasteiger partial charge in [0.1, 0.15) is 0 Å². The van der Waals surface area contributed by atoms with Crippen LogP contribution in [0.4, 0.5) is 0 Å². The standard InChI is InChI=1S/C12H20N4O2.2ClH/c1-15(6-7-16-5-2-3-14-16)12(17)9-11-10-18-8-4-13-11;;/h2-3,5,11,13H,4,6-10H2,1H3;2*1H. The Labute approximate surface area is 131 Å². The number of nitrogens with zero attached hydrogens (tertiary/aromatic N) is 3. The molecule has 1 saturated heterocycles. The molecule has 1 fully saturated rings. The number of hydrogen-bond donors (Lipinski definition) is 1. The van der Waals surface area contributed by atoms with Gasteiger partial charge in [-0.05, 0) is 6.07 Å². The number of likely N-dealkylation sites (N-methyl/N-ethyl adjacent to an activating group) is 1. The molecular formula is C12H22Cl2N4O2. The van der Waals surface area contributed by atoms with Gasteiger partial charge in [0.25, 0.3) is 0 Å². The van der Waals surface area contributed by atoms with Crippen molar-refractivity contribution in [3.05, 3.63) is 18.5 Å². The van der Waals surface area contributed by atoms with Crippen molar-refractivity contribution in [1.82, 2.24) is 20.0 Å². The Hall–Kier alpha value is -0.820. The maximum absolute atomic E-state index is 12.0. The Morgan fingerprint density at radius 3 is 2.95 bits per heavy atom. The van der Waals surface area contributed by atoms with E-state index in [9.17, 15) is 4.79 Å². The van der Waals surface area contributed by atoms with Crippen molar-refractivity contribution in [3.63, 3.8) is 0 Å². The van der Waals surface area contributed by atoms with Gasteiger partial charge in [-0.15, -0.1) is 24.8 Å². The largest absolute Gasteiger partial charge is 0.378 e. The molecule has 116 valence electrons. The number of amides is 1. The second-order valence-corrected chi connectivity index (χ2v) is 4.51. The molecule has 0 saturated carbocycles. The van der Waals surface area contributed by atoms with E-state index in [1.807, 2.05) is 24.0 Å². The average Bonchev–Trinajstić information content (AvgIpc) is 2.90. The first-order valence-electron chi connectivity index (χ1n) is 6.28. The summed E-state index contributed by atoms with van der Waals surface area (Å²) < 4.78 is 7.16. The molecule has 1 unspecified atom stereocenters. The van der Waals surface area contributed by atoms with Crippen molar-refractivity contribution >= 4 is 30.7 Å². The molecule has 0 bridgehead atoms. The van der Waals surface area contributed by atoms with Crippen LogP contribution in [-0.2, 0) is 16.1 Å². The highest BCUT2D eigenvalue weighted by Gasteiger charge is 2.18. The molecule has 0 aromatic carbocycles. The fourth-order valence-electron chi connectivity index (χ4n) is 1.93. The molecule has 0 spiro atoms. The van der Waals surface area contributed by atoms with Gasteiger partial charge in [-0.25, -0.2) is 0 Å². The molecule has 2 heterocycles. The summed E-state index contributed by atoms with van der Waals surface area (Å²) in [5.41, 5.74) is 0. The number of rotatable bonds is 5. The van der Waals surface area contributed by atoms with Crippen LogP contribution >= 0.6 is 24.8 Å². The van der Waals surface area contributed by atoms with Crippen LogP contribution in [-0.4, -0.2) is 60.0 Å². The van der Waals surface area contributed by atoms with Crippen LogP contribution < -0.4 is 5.32 Å². The fraction of sp³-hybridized carbons (Fsp3) is 0.667. The molecule has 20 heavy (non-hydrogen) atoms. The van der Waals surface area contributed by atoms with Crippen LogP contribution in [0, 0.1) is 0 Å². The highest BCUT2D eigenvalue weighted by molar-refractivity contribution is 5.85. The summed E-state index contributed by atoms with van der Waals surface area (Å²) in [6.45, 7) is 3.59. The third-order valence-electron chi connectivity index (χ3n) is 3.07. The van der Waals surface area contributed by atoms with Crippen molar-refractivity contribution in [2.75, 3.05) is 33.4 Å². The third-order valence-corrected chi connectivity index (χ3v) is 3.07. The summed E-state index contributed by atoms with van der Waals surface area (Å²) in [6.07, 6.45) is 4.13. The van der Waals surface area contributed by atoms with Gasteiger partial charge >= 0.3 is 0 Å². The van der Waals surface area contributed by atoms with Crippen LogP contribution in [0.25, 0.3) is 0 Å². The normalized spacial score (nSPS) is 17.8. The molecule has 6 nitrogen and oxygen atoms in total. The summed E-state index contributed by atoms with van der Waals surface area (Å²) in [6, 6.07) is 2.03. The van der Waals surface area contributed by atoms with Gasteiger partial charge in [0.15, 0.2) is 0 Å². The number of nitrogens with one attached hydrogen (secondary N) is 1. The number of aromatic nitrogens is 2. The van der Waals surface area contributed by atoms with Crippen LogP contribution in [0.5, 0.6) is 0 Å². The van der Waals surface area contributed by atoms with E-state index in [1.54, 1.807) is 11.1 Å². The number of morpholine rings is 1. The van der Waals surface area contributed by atoms with Gasteiger partial charge in [-0.1, -0.05) is 0 Å². The number of carbonyl (C=O) groups is 1. The zero-order valence-electron chi connectivity index (χ0n) is 11.5. The quantitative estimate of drug-likeness (QED) is 0.860. The van der Waals surface area contributed by atoms with E-state index in [0.717, 1.165) is 19.7 Å². The van der Waals surface area contributed by atoms with E-state index >= 15 is 0 Å². The molecule has 1 aliphatic heterocycles. The number of hydrogen-bond acceptors (Lipinski definition) is 4. The predicted molar refractivity (Wildman–Crippen MR) is 81.6 cm³/mol. The van der Waals surface area contributed by atoms with Crippen molar-refractivity contribution in [2.45, 2.75) is 19.0 Å². The Bertz CT molecular complexity index is 370. The van der Waals surface area contributed by atoms with Crippen molar-refractivity contribution in [3.8, 4) is 0 Å². The van der Waals surface area contributed by atoms with Gasteiger partial charge in [-0.3, -0.25) is 9.48 Å². The summed E-state index contributed by atoms with van der Waals surface area (Å²) in [5.74, 6) is 0.144. The van der Waals surface area contributed by atoms with E-state index in [4.69, 9.17) is 4.74 Å². The highest BCUT2D eigenvalue weighted by atomic mass is 35.5. The van der Waals surface area contributed by atoms with Gasteiger partial charge in [0.05, 0.1) is 19.8 Å². The molecule has 1 N–H and O–H groups in total. The second kappa shape index (κ2) is 9.99. The van der Waals surface area contributed by atoms with E-state index in [2.05, 4.69) is 10.4 Å². The Morgan fingerprint density at radius 2 is 2.35 bits per heavy atom. The maximum atomic E-state index is 12.0. The average molecular weight is 325 g/mol. The van der Waals surface area contributed by atoms with Gasteiger partial charge in [0, 0.05) is 45.0 Å². The summed E-state index contributed by atoms with van der Waals surface area (Å²) >= 11 is 0. The maximum Gasteiger partial charge on any atom is 0.224 e. The molecule has 2 rings (SSSR count). The van der Waals surface area contributed by atoms with Crippen LogP contribution in [0.3, 0.4) is 0 Å². The first-order valence-corrected chi connectivity index (χ1v) is 6.28. The molecule has 1 aromatic rings. The van der Waals surface area contributed by atoms with Crippen molar-refractivity contribution in [2.24, 2.45) is 0 Å². The molecule has 1 atom stereocenters. The summed E-state index contributed by atoms with van der Waals surface area (Å²) in [4.78, 5) is 13.7. The minimum Gasteiger partial charge on any atom is -0.378 e. The molecule has 1 aromatic heterocycles. The molecule has 1 aliphatic rings. The van der Waals surface area contributed by atoms with Gasteiger partial charge in [-0.2, -0.15) is 5.10 Å². The van der Waals surface area contributed by atoms with Gasteiger partial charge in [0.2, 0.25) is 5.91 Å². The van der Waals surface area contributed by atoms with E-state index < -0.39 is 0 Å². The fourth-order valence-corrected chi connectivity index (χ4v) is 1.93. The molecule has 0 aliphatic carbocycles. The van der Waals surface area contributed by atoms with E-state index in [1.165, 1.54) is 0 Å². The topological polar surface area (TPSA) is 59.4 Å². The lowest BCUT2D eigenvalue weighted by atomic mass is 10.2. The number of ether oxygens (including phenoxy) is 1. The van der Waals surface area contributed by atoms with E-state index in [0.29, 0.717) is 19.6 Å². The lowest BCUT2D eigenvalue weighted by Crippen LogP contribution is -2.44. The van der Waals surface area contributed by atoms with Crippen LogP contribution in [0.1, 0.15) is 6.42 Å². The zero-order chi connectivity index (χ0) is 12.8. The van der Waals surface area contributed by atoms with Crippen LogP contribution in [0.15, 0.2) is 18.5 Å². The number of halogens is 2. The van der Waals surface area contributed by atoms with Gasteiger partial charge < -0.3 is 15.0 Å². The minimum atomic E-state index is 0. The van der Waals surface area contributed by atoms with Crippen LogP contribution in [0.2, 0.25) is 0 Å². The first-order chi connectivity index (χ1) is 8.75. The minimum absolute atomic E-state index is 0. The lowest BCUT2D eigenvalue weighted by Gasteiger charge is -2.25. The number of carbonyl (C=O) groups excluding carboxylic acids is 1. The van der Waals surface area contributed by atoms with Crippen molar-refractivity contribution in [1.29, 1.82) is 0 Å². The Kier molecular flexibility index (Phi) is 9.58. The smallest absolute Gasteiger partial charge is 0.224 e. The lowest BCUT2D eigenvalue weighted by molar-refractivity contribution is -0.131. The summed E-state index contributed by atoms with van der Waals surface area (Å²) in [7, 11) is 1.83. The third kappa shape index (κ3) is 6.09.